The molecule has 3 rings (SSSR count). The predicted octanol–water partition coefficient (Wildman–Crippen LogP) is 1.89. The van der Waals surface area contributed by atoms with Crippen LogP contribution in [-0.4, -0.2) is 14.7 Å². The number of hydrogen-bond donors (Lipinski definition) is 1. The van der Waals surface area contributed by atoms with Crippen molar-refractivity contribution in [2.45, 2.75) is 39.3 Å². The Morgan fingerprint density at radius 1 is 1.56 bits per heavy atom. The topological polar surface area (TPSA) is 69.9 Å². The van der Waals surface area contributed by atoms with Crippen LogP contribution in [-0.2, 0) is 13.0 Å². The van der Waals surface area contributed by atoms with Crippen molar-refractivity contribution in [1.29, 1.82) is 0 Å². The fourth-order valence-corrected chi connectivity index (χ4v) is 2.86. The van der Waals surface area contributed by atoms with E-state index in [1.54, 1.807) is 0 Å². The SMILES string of the molecule is CC1(C)Cc2c(ccn2Cc2ncon2)C(N)C1. The van der Waals surface area contributed by atoms with Crippen molar-refractivity contribution >= 4 is 0 Å². The summed E-state index contributed by atoms with van der Waals surface area (Å²) in [5.41, 5.74) is 9.07. The molecular formula is C13H18N4O. The van der Waals surface area contributed by atoms with Crippen LogP contribution in [0.2, 0.25) is 0 Å². The monoisotopic (exact) mass is 246 g/mol. The molecule has 0 radical (unpaired) electrons. The Kier molecular flexibility index (Phi) is 2.52. The standard InChI is InChI=1S/C13H18N4O/c1-13(2)5-10(14)9-3-4-17(11(9)6-13)7-12-15-8-18-16-12/h3-4,8,10H,5-7,14H2,1-2H3. The number of rotatable bonds is 2. The molecule has 1 atom stereocenters. The second-order valence-electron chi connectivity index (χ2n) is 5.84. The highest BCUT2D eigenvalue weighted by molar-refractivity contribution is 5.30. The van der Waals surface area contributed by atoms with E-state index >= 15 is 0 Å². The molecule has 1 aliphatic carbocycles. The Morgan fingerprint density at radius 3 is 3.11 bits per heavy atom. The summed E-state index contributed by atoms with van der Waals surface area (Å²) in [5.74, 6) is 0.699. The van der Waals surface area contributed by atoms with E-state index in [4.69, 9.17) is 10.3 Å². The van der Waals surface area contributed by atoms with Gasteiger partial charge in [-0.25, -0.2) is 0 Å². The van der Waals surface area contributed by atoms with E-state index in [0.717, 1.165) is 12.8 Å². The van der Waals surface area contributed by atoms with Crippen LogP contribution in [0, 0.1) is 5.41 Å². The lowest BCUT2D eigenvalue weighted by Gasteiger charge is -2.34. The molecule has 0 amide bonds. The number of nitrogens with zero attached hydrogens (tertiary/aromatic N) is 3. The van der Waals surface area contributed by atoms with Gasteiger partial charge in [0.2, 0.25) is 6.39 Å². The molecule has 5 heteroatoms. The summed E-state index contributed by atoms with van der Waals surface area (Å²) >= 11 is 0. The Labute approximate surface area is 106 Å². The molecule has 5 nitrogen and oxygen atoms in total. The van der Waals surface area contributed by atoms with Gasteiger partial charge in [-0.05, 0) is 29.9 Å². The molecule has 0 aliphatic heterocycles. The normalized spacial score (nSPS) is 21.8. The minimum atomic E-state index is 0.135. The van der Waals surface area contributed by atoms with E-state index in [2.05, 4.69) is 40.8 Å². The summed E-state index contributed by atoms with van der Waals surface area (Å²) in [6.07, 6.45) is 5.51. The Morgan fingerprint density at radius 2 is 2.39 bits per heavy atom. The molecule has 2 N–H and O–H groups in total. The first-order valence-corrected chi connectivity index (χ1v) is 6.24. The molecule has 96 valence electrons. The molecule has 1 aliphatic rings. The first-order valence-electron chi connectivity index (χ1n) is 6.24. The van der Waals surface area contributed by atoms with Gasteiger partial charge in [-0.3, -0.25) is 0 Å². The molecular weight excluding hydrogens is 228 g/mol. The molecule has 2 aromatic heterocycles. The van der Waals surface area contributed by atoms with Crippen molar-refractivity contribution < 1.29 is 4.52 Å². The highest BCUT2D eigenvalue weighted by Gasteiger charge is 2.32. The summed E-state index contributed by atoms with van der Waals surface area (Å²) in [6, 6.07) is 2.25. The minimum Gasteiger partial charge on any atom is -0.343 e. The number of hydrogen-bond acceptors (Lipinski definition) is 4. The van der Waals surface area contributed by atoms with Gasteiger partial charge in [0.25, 0.3) is 0 Å². The second-order valence-corrected chi connectivity index (χ2v) is 5.84. The van der Waals surface area contributed by atoms with Gasteiger partial charge in [-0.2, -0.15) is 4.98 Å². The third-order valence-corrected chi connectivity index (χ3v) is 3.65. The molecule has 0 aromatic carbocycles. The van der Waals surface area contributed by atoms with E-state index in [-0.39, 0.29) is 11.5 Å². The third kappa shape index (κ3) is 1.95. The molecule has 0 fully saturated rings. The van der Waals surface area contributed by atoms with Crippen LogP contribution < -0.4 is 5.73 Å². The molecule has 18 heavy (non-hydrogen) atoms. The van der Waals surface area contributed by atoms with Gasteiger partial charge in [-0.15, -0.1) is 0 Å². The zero-order chi connectivity index (χ0) is 12.8. The molecule has 2 aromatic rings. The fourth-order valence-electron chi connectivity index (χ4n) is 2.86. The van der Waals surface area contributed by atoms with Crippen LogP contribution in [0.1, 0.15) is 43.4 Å². The lowest BCUT2D eigenvalue weighted by atomic mass is 9.74. The van der Waals surface area contributed by atoms with E-state index < -0.39 is 0 Å². The number of fused-ring (bicyclic) bond motifs is 1. The average Bonchev–Trinajstić information content (AvgIpc) is 2.88. The number of nitrogens with two attached hydrogens (primary N) is 1. The van der Waals surface area contributed by atoms with E-state index in [9.17, 15) is 0 Å². The summed E-state index contributed by atoms with van der Waals surface area (Å²) in [7, 11) is 0. The zero-order valence-electron chi connectivity index (χ0n) is 10.8. The van der Waals surface area contributed by atoms with E-state index in [1.165, 1.54) is 17.7 Å². The Balaban J connectivity index is 1.94. The third-order valence-electron chi connectivity index (χ3n) is 3.65. The van der Waals surface area contributed by atoms with Gasteiger partial charge in [0.1, 0.15) is 0 Å². The summed E-state index contributed by atoms with van der Waals surface area (Å²) in [6.45, 7) is 5.18. The molecule has 0 saturated heterocycles. The van der Waals surface area contributed by atoms with Gasteiger partial charge in [0, 0.05) is 17.9 Å². The maximum Gasteiger partial charge on any atom is 0.213 e. The van der Waals surface area contributed by atoms with Crippen molar-refractivity contribution in [1.82, 2.24) is 14.7 Å². The van der Waals surface area contributed by atoms with Crippen LogP contribution in [0.4, 0.5) is 0 Å². The average molecular weight is 246 g/mol. The van der Waals surface area contributed by atoms with E-state index in [0.29, 0.717) is 12.4 Å². The molecule has 0 spiro atoms. The van der Waals surface area contributed by atoms with Crippen molar-refractivity contribution in [2.24, 2.45) is 11.1 Å². The summed E-state index contributed by atoms with van der Waals surface area (Å²) in [5, 5.41) is 3.86. The molecule has 0 saturated carbocycles. The maximum absolute atomic E-state index is 6.25. The van der Waals surface area contributed by atoms with Gasteiger partial charge in [-0.1, -0.05) is 19.0 Å². The zero-order valence-corrected chi connectivity index (χ0v) is 10.8. The van der Waals surface area contributed by atoms with Crippen LogP contribution in [0.15, 0.2) is 23.2 Å². The fraction of sp³-hybridized carbons (Fsp3) is 0.538. The highest BCUT2D eigenvalue weighted by atomic mass is 16.5. The van der Waals surface area contributed by atoms with Gasteiger partial charge >= 0.3 is 0 Å². The Bertz CT molecular complexity index is 541. The van der Waals surface area contributed by atoms with Crippen molar-refractivity contribution in [3.05, 3.63) is 35.7 Å². The van der Waals surface area contributed by atoms with Crippen molar-refractivity contribution in [2.75, 3.05) is 0 Å². The highest BCUT2D eigenvalue weighted by Crippen LogP contribution is 2.39. The van der Waals surface area contributed by atoms with Gasteiger partial charge in [0.15, 0.2) is 5.82 Å². The first-order chi connectivity index (χ1) is 8.55. The van der Waals surface area contributed by atoms with Gasteiger partial charge in [0.05, 0.1) is 6.54 Å². The Hall–Kier alpha value is -1.62. The van der Waals surface area contributed by atoms with Crippen LogP contribution >= 0.6 is 0 Å². The van der Waals surface area contributed by atoms with Gasteiger partial charge < -0.3 is 14.8 Å². The predicted molar refractivity (Wildman–Crippen MR) is 66.9 cm³/mol. The molecule has 0 bridgehead atoms. The number of aromatic nitrogens is 3. The largest absolute Gasteiger partial charge is 0.343 e. The summed E-state index contributed by atoms with van der Waals surface area (Å²) < 4.78 is 6.95. The lowest BCUT2D eigenvalue weighted by molar-refractivity contribution is 0.275. The molecule has 2 heterocycles. The van der Waals surface area contributed by atoms with Crippen molar-refractivity contribution in [3.63, 3.8) is 0 Å². The van der Waals surface area contributed by atoms with Crippen LogP contribution in [0.25, 0.3) is 0 Å². The first kappa shape index (κ1) is 11.5. The van der Waals surface area contributed by atoms with Crippen LogP contribution in [0.5, 0.6) is 0 Å². The summed E-state index contributed by atoms with van der Waals surface area (Å²) in [4.78, 5) is 4.07. The lowest BCUT2D eigenvalue weighted by Crippen LogP contribution is -2.30. The van der Waals surface area contributed by atoms with E-state index in [1.807, 2.05) is 0 Å². The van der Waals surface area contributed by atoms with Crippen molar-refractivity contribution in [3.8, 4) is 0 Å². The quantitative estimate of drug-likeness (QED) is 0.878. The van der Waals surface area contributed by atoms with Crippen LogP contribution in [0.3, 0.4) is 0 Å². The second kappa shape index (κ2) is 3.95. The maximum atomic E-state index is 6.25. The minimum absolute atomic E-state index is 0.135. The molecule has 1 unspecified atom stereocenters. The smallest absolute Gasteiger partial charge is 0.213 e.